The molecule has 0 bridgehead atoms. The summed E-state index contributed by atoms with van der Waals surface area (Å²) in [6.45, 7) is 0.774. The van der Waals surface area contributed by atoms with Crippen molar-refractivity contribution in [3.05, 3.63) is 59.9 Å². The molecule has 2 nitrogen and oxygen atoms in total. The van der Waals surface area contributed by atoms with Crippen LogP contribution >= 0.6 is 0 Å². The molecule has 1 N–H and O–H groups in total. The number of halogens is 1. The van der Waals surface area contributed by atoms with Crippen LogP contribution in [0.15, 0.2) is 48.5 Å². The van der Waals surface area contributed by atoms with E-state index in [4.69, 9.17) is 4.74 Å². The molecular formula is C15H16FNO. The van der Waals surface area contributed by atoms with E-state index in [1.807, 2.05) is 30.3 Å². The minimum absolute atomic E-state index is 0.218. The Morgan fingerprint density at radius 2 is 1.89 bits per heavy atom. The van der Waals surface area contributed by atoms with Crippen LogP contribution in [0.1, 0.15) is 5.56 Å². The normalized spacial score (nSPS) is 10.1. The molecular weight excluding hydrogens is 229 g/mol. The first-order chi connectivity index (χ1) is 8.78. The monoisotopic (exact) mass is 245 g/mol. The highest BCUT2D eigenvalue weighted by molar-refractivity contribution is 5.43. The SMILES string of the molecule is COc1ccc(CCNc2cccc(F)c2)cc1. The Labute approximate surface area is 106 Å². The second kappa shape index (κ2) is 6.05. The molecule has 0 radical (unpaired) electrons. The lowest BCUT2D eigenvalue weighted by molar-refractivity contribution is 0.414. The van der Waals surface area contributed by atoms with Gasteiger partial charge >= 0.3 is 0 Å². The van der Waals surface area contributed by atoms with E-state index in [1.54, 1.807) is 13.2 Å². The molecule has 18 heavy (non-hydrogen) atoms. The molecule has 0 aliphatic rings. The van der Waals surface area contributed by atoms with Crippen LogP contribution in [0.5, 0.6) is 5.75 Å². The Morgan fingerprint density at radius 3 is 2.56 bits per heavy atom. The van der Waals surface area contributed by atoms with Crippen molar-refractivity contribution in [3.63, 3.8) is 0 Å². The number of ether oxygens (including phenoxy) is 1. The molecule has 0 atom stereocenters. The highest BCUT2D eigenvalue weighted by atomic mass is 19.1. The summed E-state index contributed by atoms with van der Waals surface area (Å²) in [4.78, 5) is 0. The second-order valence-electron chi connectivity index (χ2n) is 4.04. The van der Waals surface area contributed by atoms with Gasteiger partial charge in [0.05, 0.1) is 7.11 Å². The molecule has 2 aromatic carbocycles. The van der Waals surface area contributed by atoms with Crippen LogP contribution in [0, 0.1) is 5.82 Å². The van der Waals surface area contributed by atoms with Crippen molar-refractivity contribution in [2.24, 2.45) is 0 Å². The summed E-state index contributed by atoms with van der Waals surface area (Å²) in [7, 11) is 1.65. The Hall–Kier alpha value is -2.03. The van der Waals surface area contributed by atoms with Crippen LogP contribution < -0.4 is 10.1 Å². The van der Waals surface area contributed by atoms with Crippen molar-refractivity contribution in [2.75, 3.05) is 19.0 Å². The smallest absolute Gasteiger partial charge is 0.125 e. The maximum atomic E-state index is 12.9. The summed E-state index contributed by atoms with van der Waals surface area (Å²) in [5.41, 5.74) is 2.03. The third-order valence-electron chi connectivity index (χ3n) is 2.73. The summed E-state index contributed by atoms with van der Waals surface area (Å²) < 4.78 is 18.0. The third kappa shape index (κ3) is 3.48. The van der Waals surface area contributed by atoms with E-state index in [0.717, 1.165) is 24.4 Å². The zero-order valence-electron chi connectivity index (χ0n) is 10.3. The van der Waals surface area contributed by atoms with Gasteiger partial charge in [-0.05, 0) is 42.3 Å². The minimum Gasteiger partial charge on any atom is -0.497 e. The molecule has 0 fully saturated rings. The topological polar surface area (TPSA) is 21.3 Å². The number of methoxy groups -OCH3 is 1. The maximum absolute atomic E-state index is 12.9. The number of hydrogen-bond donors (Lipinski definition) is 1. The van der Waals surface area contributed by atoms with Crippen LogP contribution in [-0.2, 0) is 6.42 Å². The summed E-state index contributed by atoms with van der Waals surface area (Å²) in [6, 6.07) is 14.4. The number of benzene rings is 2. The summed E-state index contributed by atoms with van der Waals surface area (Å²) >= 11 is 0. The average Bonchev–Trinajstić information content (AvgIpc) is 2.40. The quantitative estimate of drug-likeness (QED) is 0.870. The Morgan fingerprint density at radius 1 is 1.11 bits per heavy atom. The van der Waals surface area contributed by atoms with Crippen molar-refractivity contribution >= 4 is 5.69 Å². The number of hydrogen-bond acceptors (Lipinski definition) is 2. The maximum Gasteiger partial charge on any atom is 0.125 e. The van der Waals surface area contributed by atoms with Gasteiger partial charge in [0.2, 0.25) is 0 Å². The average molecular weight is 245 g/mol. The zero-order chi connectivity index (χ0) is 12.8. The number of anilines is 1. The fourth-order valence-corrected chi connectivity index (χ4v) is 1.74. The summed E-state index contributed by atoms with van der Waals surface area (Å²) in [5, 5.41) is 3.19. The van der Waals surface area contributed by atoms with E-state index < -0.39 is 0 Å². The predicted octanol–water partition coefficient (Wildman–Crippen LogP) is 3.49. The van der Waals surface area contributed by atoms with Crippen molar-refractivity contribution in [1.29, 1.82) is 0 Å². The first-order valence-electron chi connectivity index (χ1n) is 5.90. The van der Waals surface area contributed by atoms with Crippen molar-refractivity contribution in [3.8, 4) is 5.75 Å². The molecule has 0 saturated carbocycles. The third-order valence-corrected chi connectivity index (χ3v) is 2.73. The molecule has 0 amide bonds. The lowest BCUT2D eigenvalue weighted by Crippen LogP contribution is -2.04. The van der Waals surface area contributed by atoms with E-state index in [-0.39, 0.29) is 5.82 Å². The largest absolute Gasteiger partial charge is 0.497 e. The fraction of sp³-hybridized carbons (Fsp3) is 0.200. The molecule has 3 heteroatoms. The molecule has 0 heterocycles. The summed E-state index contributed by atoms with van der Waals surface area (Å²) in [6.07, 6.45) is 0.889. The van der Waals surface area contributed by atoms with Gasteiger partial charge in [-0.25, -0.2) is 4.39 Å². The minimum atomic E-state index is -0.218. The lowest BCUT2D eigenvalue weighted by Gasteiger charge is -2.07. The second-order valence-corrected chi connectivity index (χ2v) is 4.04. The first-order valence-corrected chi connectivity index (χ1v) is 5.90. The van der Waals surface area contributed by atoms with Crippen LogP contribution in [0.4, 0.5) is 10.1 Å². The zero-order valence-corrected chi connectivity index (χ0v) is 10.3. The molecule has 94 valence electrons. The van der Waals surface area contributed by atoms with Gasteiger partial charge in [0.1, 0.15) is 11.6 Å². The van der Waals surface area contributed by atoms with Crippen LogP contribution in [0.3, 0.4) is 0 Å². The van der Waals surface area contributed by atoms with Gasteiger partial charge in [-0.15, -0.1) is 0 Å². The number of nitrogens with one attached hydrogen (secondary N) is 1. The standard InChI is InChI=1S/C15H16FNO/c1-18-15-7-5-12(6-8-15)9-10-17-14-4-2-3-13(16)11-14/h2-8,11,17H,9-10H2,1H3. The lowest BCUT2D eigenvalue weighted by atomic mass is 10.1. The van der Waals surface area contributed by atoms with Gasteiger partial charge in [-0.1, -0.05) is 18.2 Å². The molecule has 0 saturated heterocycles. The van der Waals surface area contributed by atoms with E-state index >= 15 is 0 Å². The van der Waals surface area contributed by atoms with E-state index in [2.05, 4.69) is 5.32 Å². The van der Waals surface area contributed by atoms with Gasteiger partial charge in [-0.2, -0.15) is 0 Å². The Kier molecular flexibility index (Phi) is 4.18. The van der Waals surface area contributed by atoms with Crippen LogP contribution in [0.2, 0.25) is 0 Å². The highest BCUT2D eigenvalue weighted by Gasteiger charge is 1.96. The molecule has 2 aromatic rings. The van der Waals surface area contributed by atoms with E-state index in [0.29, 0.717) is 0 Å². The fourth-order valence-electron chi connectivity index (χ4n) is 1.74. The van der Waals surface area contributed by atoms with Crippen molar-refractivity contribution in [2.45, 2.75) is 6.42 Å². The van der Waals surface area contributed by atoms with Gasteiger partial charge in [0.15, 0.2) is 0 Å². The predicted molar refractivity (Wildman–Crippen MR) is 71.6 cm³/mol. The van der Waals surface area contributed by atoms with E-state index in [9.17, 15) is 4.39 Å². The Bertz CT molecular complexity index is 496. The Balaban J connectivity index is 1.84. The van der Waals surface area contributed by atoms with E-state index in [1.165, 1.54) is 17.7 Å². The molecule has 0 unspecified atom stereocenters. The first kappa shape index (κ1) is 12.4. The highest BCUT2D eigenvalue weighted by Crippen LogP contribution is 2.12. The van der Waals surface area contributed by atoms with Crippen LogP contribution in [0.25, 0.3) is 0 Å². The molecule has 2 rings (SSSR count). The molecule has 0 aliphatic heterocycles. The van der Waals surface area contributed by atoms with Gasteiger partial charge in [0.25, 0.3) is 0 Å². The van der Waals surface area contributed by atoms with Crippen molar-refractivity contribution in [1.82, 2.24) is 0 Å². The van der Waals surface area contributed by atoms with Gasteiger partial charge in [-0.3, -0.25) is 0 Å². The van der Waals surface area contributed by atoms with Gasteiger partial charge < -0.3 is 10.1 Å². The van der Waals surface area contributed by atoms with Crippen molar-refractivity contribution < 1.29 is 9.13 Å². The number of rotatable bonds is 5. The molecule has 0 spiro atoms. The van der Waals surface area contributed by atoms with Crippen LogP contribution in [-0.4, -0.2) is 13.7 Å². The molecule has 0 aliphatic carbocycles. The molecule has 0 aromatic heterocycles. The van der Waals surface area contributed by atoms with Gasteiger partial charge in [0, 0.05) is 12.2 Å². The summed E-state index contributed by atoms with van der Waals surface area (Å²) in [5.74, 6) is 0.640.